The van der Waals surface area contributed by atoms with Crippen molar-refractivity contribution in [3.63, 3.8) is 0 Å². The maximum absolute atomic E-state index is 12.7. The number of imidazole rings is 1. The molecule has 0 aliphatic rings. The predicted octanol–water partition coefficient (Wildman–Crippen LogP) is 17.4. The van der Waals surface area contributed by atoms with Crippen LogP contribution in [0.2, 0.25) is 0 Å². The number of nitrogens with zero attached hydrogens (tertiary/aromatic N) is 3. The molecule has 2 aromatic heterocycles. The molecule has 4 nitrogen and oxygen atoms in total. The van der Waals surface area contributed by atoms with Crippen molar-refractivity contribution < 1.29 is 30.3 Å². The zero-order chi connectivity index (χ0) is 51.7. The van der Waals surface area contributed by atoms with E-state index in [1.807, 2.05) is 30.3 Å². The van der Waals surface area contributed by atoms with Gasteiger partial charge in [-0.15, -0.1) is 29.3 Å². The first kappa shape index (κ1) is 46.1. The molecule has 0 unspecified atom stereocenters. The minimum atomic E-state index is -2.18. The van der Waals surface area contributed by atoms with Crippen LogP contribution in [0.1, 0.15) is 115 Å². The van der Waals surface area contributed by atoms with Gasteiger partial charge in [0.25, 0.3) is 0 Å². The fourth-order valence-electron chi connectivity index (χ4n) is 9.18. The molecule has 7 aromatic carbocycles. The first-order chi connectivity index (χ1) is 33.8. The van der Waals surface area contributed by atoms with Gasteiger partial charge in [-0.25, -0.2) is 4.98 Å². The van der Waals surface area contributed by atoms with Crippen LogP contribution in [0.15, 0.2) is 158 Å². The van der Waals surface area contributed by atoms with Crippen molar-refractivity contribution in [3.8, 4) is 78.6 Å². The average Bonchev–Trinajstić information content (AvgIpc) is 3.72. The number of phenols is 1. The minimum Gasteiger partial charge on any atom is -0.507 e. The third-order valence-corrected chi connectivity index (χ3v) is 13.4. The molecule has 0 spiro atoms. The molecule has 0 bridgehead atoms. The fraction of sp³-hybridized carbons (Fsp3) is 0.262. The second-order valence-electron chi connectivity index (χ2n) is 22.7. The Hall–Kier alpha value is -6.35. The molecule has 2 heterocycles. The Balaban J connectivity index is 0.00000711. The van der Waals surface area contributed by atoms with Crippen molar-refractivity contribution >= 4 is 11.0 Å². The molecule has 0 aliphatic heterocycles. The van der Waals surface area contributed by atoms with E-state index in [2.05, 4.69) is 203 Å². The zero-order valence-electron chi connectivity index (χ0n) is 45.6. The Morgan fingerprint density at radius 3 is 1.73 bits per heavy atom. The zero-order valence-corrected chi connectivity index (χ0v) is 44.9. The molecule has 358 valence electrons. The first-order valence-electron chi connectivity index (χ1n) is 25.6. The van der Waals surface area contributed by atoms with E-state index in [-0.39, 0.29) is 48.5 Å². The summed E-state index contributed by atoms with van der Waals surface area (Å²) in [6.07, 6.45) is 1.80. The minimum absolute atomic E-state index is 0. The summed E-state index contributed by atoms with van der Waals surface area (Å²) in [6, 6.07) is 56.1. The van der Waals surface area contributed by atoms with E-state index in [1.54, 1.807) is 18.3 Å². The number of fused-ring (bicyclic) bond motifs is 1. The predicted molar refractivity (Wildman–Crippen MR) is 292 cm³/mol. The van der Waals surface area contributed by atoms with Crippen LogP contribution in [-0.4, -0.2) is 19.6 Å². The Kier molecular flexibility index (Phi) is 12.3. The summed E-state index contributed by atoms with van der Waals surface area (Å²) >= 11 is 0. The summed E-state index contributed by atoms with van der Waals surface area (Å²) in [7, 11) is 0. The van der Waals surface area contributed by atoms with Crippen LogP contribution < -0.4 is 0 Å². The summed E-state index contributed by atoms with van der Waals surface area (Å²) in [6.45, 7) is 24.3. The van der Waals surface area contributed by atoms with Crippen LogP contribution in [-0.2, 0) is 42.7 Å². The van der Waals surface area contributed by atoms with Crippen molar-refractivity contribution in [2.45, 2.75) is 112 Å². The van der Waals surface area contributed by atoms with Crippen LogP contribution in [0.4, 0.5) is 0 Å². The van der Waals surface area contributed by atoms with E-state index in [9.17, 15) is 5.11 Å². The average molecular weight is 1100 g/mol. The van der Waals surface area contributed by atoms with Crippen molar-refractivity contribution in [2.75, 3.05) is 0 Å². The van der Waals surface area contributed by atoms with E-state index < -0.39 is 6.85 Å². The second-order valence-corrected chi connectivity index (χ2v) is 22.7. The number of hydrogen-bond acceptors (Lipinski definition) is 3. The summed E-state index contributed by atoms with van der Waals surface area (Å²) in [4.78, 5) is 10.6. The van der Waals surface area contributed by atoms with Crippen LogP contribution in [0, 0.1) is 12.9 Å². The monoisotopic (exact) mass is 1100 g/mol. The van der Waals surface area contributed by atoms with Gasteiger partial charge in [0, 0.05) is 48.2 Å². The third-order valence-electron chi connectivity index (χ3n) is 13.4. The maximum Gasteiger partial charge on any atom is 0.148 e. The number of benzene rings is 7. The fourth-order valence-corrected chi connectivity index (χ4v) is 9.18. The smallest absolute Gasteiger partial charge is 0.148 e. The molecule has 5 heteroatoms. The van der Waals surface area contributed by atoms with Gasteiger partial charge in [0.05, 0.1) is 22.3 Å². The first-order valence-corrected chi connectivity index (χ1v) is 24.1. The number of pyridine rings is 1. The number of rotatable bonds is 7. The van der Waals surface area contributed by atoms with Crippen molar-refractivity contribution in [1.82, 2.24) is 14.5 Å². The van der Waals surface area contributed by atoms with E-state index in [0.717, 1.165) is 89.2 Å². The van der Waals surface area contributed by atoms with Gasteiger partial charge in [0.2, 0.25) is 0 Å². The normalized spacial score (nSPS) is 13.1. The Morgan fingerprint density at radius 1 is 0.500 bits per heavy atom. The van der Waals surface area contributed by atoms with Crippen molar-refractivity contribution in [2.24, 2.45) is 0 Å². The van der Waals surface area contributed by atoms with Gasteiger partial charge in [-0.05, 0) is 97.8 Å². The van der Waals surface area contributed by atoms with Gasteiger partial charge >= 0.3 is 0 Å². The molecule has 1 N–H and O–H groups in total. The van der Waals surface area contributed by atoms with Crippen LogP contribution in [0.5, 0.6) is 5.75 Å². The Morgan fingerprint density at radius 2 is 1.10 bits per heavy atom. The van der Waals surface area contributed by atoms with E-state index >= 15 is 0 Å². The third kappa shape index (κ3) is 9.99. The summed E-state index contributed by atoms with van der Waals surface area (Å²) in [5, 5.41) is 12.7. The number of phenolic OH excluding ortho intramolecular Hbond substituents is 1. The summed E-state index contributed by atoms with van der Waals surface area (Å²) in [5.74, 6) is 0.852. The molecule has 70 heavy (non-hydrogen) atoms. The van der Waals surface area contributed by atoms with E-state index in [1.165, 1.54) is 5.56 Å². The molecular weight excluding hydrogens is 1030 g/mol. The molecule has 0 aliphatic carbocycles. The molecule has 0 fully saturated rings. The topological polar surface area (TPSA) is 50.9 Å². The molecule has 0 saturated heterocycles. The standard InChI is InChI=1S/C65H66N3O.Pt/c1-41-22-24-42(25-23-41)46-32-33-66-56(38-46)48-34-47(35-50(36-48)63(5,6)7)52-20-17-21-58-59(52)67-61(54-39-51(64(8,9)10)40-55(60(54)69)65(11,12)13)68(58)57-31-28-45(37-53(57)44-18-15-14-16-19-44)43-26-29-49(30-27-43)62(2,3)4;/h14-33,35-40,69H,1-13H3;/q-1;/i1D3;. The molecular formula is C65H66N3OPt-. The van der Waals surface area contributed by atoms with E-state index in [4.69, 9.17) is 14.1 Å². The molecule has 0 amide bonds. The van der Waals surface area contributed by atoms with Gasteiger partial charge < -0.3 is 5.11 Å². The SMILES string of the molecule is [2H]C([2H])([2H])c1ccc(-c2ccnc(-c3[c-]c(-c4cccc5c4nc(-c4cc(C(C)(C)C)cc(C(C)(C)C)c4O)n5-c4ccc(-c5ccc(C(C)(C)C)cc5)cc4-c4ccccc4)cc(C(C)(C)C)c3)c2)cc1.[Pt]. The number of aromatic hydroxyl groups is 1. The Labute approximate surface area is 435 Å². The summed E-state index contributed by atoms with van der Waals surface area (Å²) < 4.78 is 25.9. The quantitative estimate of drug-likeness (QED) is 0.162. The van der Waals surface area contributed by atoms with E-state index in [0.29, 0.717) is 17.0 Å². The number of para-hydroxylation sites is 1. The second kappa shape index (κ2) is 18.8. The van der Waals surface area contributed by atoms with Crippen molar-refractivity contribution in [1.29, 1.82) is 0 Å². The largest absolute Gasteiger partial charge is 0.507 e. The molecule has 9 aromatic rings. The van der Waals surface area contributed by atoms with Crippen LogP contribution in [0.25, 0.3) is 83.9 Å². The van der Waals surface area contributed by atoms with Crippen molar-refractivity contribution in [3.05, 3.63) is 192 Å². The molecule has 0 radical (unpaired) electrons. The number of hydrogen-bond donors (Lipinski definition) is 1. The number of aromatic nitrogens is 3. The van der Waals surface area contributed by atoms with Gasteiger partial charge in [-0.3, -0.25) is 9.55 Å². The van der Waals surface area contributed by atoms with Gasteiger partial charge in [0.15, 0.2) is 0 Å². The van der Waals surface area contributed by atoms with Gasteiger partial charge in [0.1, 0.15) is 11.6 Å². The number of aryl methyl sites for hydroxylation is 1. The molecule has 0 saturated carbocycles. The maximum atomic E-state index is 12.7. The van der Waals surface area contributed by atoms with Crippen LogP contribution in [0.3, 0.4) is 0 Å². The summed E-state index contributed by atoms with van der Waals surface area (Å²) in [5.41, 5.74) is 16.6. The van der Waals surface area contributed by atoms with Gasteiger partial charge in [-0.2, -0.15) is 0 Å². The van der Waals surface area contributed by atoms with Gasteiger partial charge in [-0.1, -0.05) is 209 Å². The Bertz CT molecular complexity index is 3470. The van der Waals surface area contributed by atoms with Crippen LogP contribution >= 0.6 is 0 Å². The molecule has 0 atom stereocenters. The molecule has 9 rings (SSSR count).